The third-order valence-corrected chi connectivity index (χ3v) is 9.71. The van der Waals surface area contributed by atoms with Crippen LogP contribution in [0.2, 0.25) is 0 Å². The molecule has 0 unspecified atom stereocenters. The minimum Gasteiger partial charge on any atom is -0.356 e. The van der Waals surface area contributed by atoms with Crippen molar-refractivity contribution < 1.29 is 32.4 Å². The second kappa shape index (κ2) is 7.74. The highest BCUT2D eigenvalue weighted by Gasteiger charge is 2.67. The number of ether oxygens (including phenoxy) is 2. The molecule has 0 radical (unpaired) electrons. The van der Waals surface area contributed by atoms with Gasteiger partial charge in [-0.3, -0.25) is 14.9 Å². The SMILES string of the molecule is CO[C@H]1[C@H](OC)N(S(=O)(=O)c2ccccc2[N+](=O)[O-])C(=O)N1C(=O)C12CCC(CC1)C2(C)C. The van der Waals surface area contributed by atoms with Crippen LogP contribution in [0.1, 0.15) is 39.5 Å². The van der Waals surface area contributed by atoms with E-state index < -0.39 is 55.3 Å². The number of imide groups is 1. The average molecular weight is 482 g/mol. The number of sulfonamides is 1. The summed E-state index contributed by atoms with van der Waals surface area (Å²) in [5, 5.41) is 11.5. The first-order valence-corrected chi connectivity index (χ1v) is 12.1. The summed E-state index contributed by atoms with van der Waals surface area (Å²) in [6.07, 6.45) is 0.0531. The van der Waals surface area contributed by atoms with Gasteiger partial charge in [-0.05, 0) is 43.1 Å². The van der Waals surface area contributed by atoms with E-state index in [0.717, 1.165) is 29.9 Å². The summed E-state index contributed by atoms with van der Waals surface area (Å²) in [6, 6.07) is 3.57. The number of carbonyl (C=O) groups is 2. The van der Waals surface area contributed by atoms with Crippen molar-refractivity contribution in [2.24, 2.45) is 16.7 Å². The first-order chi connectivity index (χ1) is 15.5. The zero-order valence-corrected chi connectivity index (χ0v) is 19.7. The van der Waals surface area contributed by atoms with E-state index in [1.165, 1.54) is 26.4 Å². The van der Waals surface area contributed by atoms with Crippen molar-refractivity contribution in [2.75, 3.05) is 14.2 Å². The highest BCUT2D eigenvalue weighted by molar-refractivity contribution is 7.89. The van der Waals surface area contributed by atoms with Gasteiger partial charge >= 0.3 is 6.03 Å². The Kier molecular flexibility index (Phi) is 5.53. The molecule has 2 atom stereocenters. The minimum atomic E-state index is -4.76. The van der Waals surface area contributed by atoms with E-state index >= 15 is 0 Å². The third kappa shape index (κ3) is 3.03. The van der Waals surface area contributed by atoms with Crippen LogP contribution in [0.5, 0.6) is 0 Å². The Bertz CT molecular complexity index is 1110. The summed E-state index contributed by atoms with van der Waals surface area (Å²) in [6.45, 7) is 4.02. The molecule has 1 aromatic rings. The van der Waals surface area contributed by atoms with Crippen molar-refractivity contribution >= 4 is 27.6 Å². The molecule has 2 bridgehead atoms. The van der Waals surface area contributed by atoms with E-state index in [-0.39, 0.29) is 5.41 Å². The van der Waals surface area contributed by atoms with Crippen LogP contribution in [0.4, 0.5) is 10.5 Å². The molecule has 1 aliphatic heterocycles. The lowest BCUT2D eigenvalue weighted by atomic mass is 9.68. The normalized spacial score (nSPS) is 30.8. The predicted octanol–water partition coefficient (Wildman–Crippen LogP) is 2.71. The van der Waals surface area contributed by atoms with E-state index in [0.29, 0.717) is 23.1 Å². The Labute approximate surface area is 191 Å². The van der Waals surface area contributed by atoms with Crippen molar-refractivity contribution in [3.8, 4) is 0 Å². The maximum atomic E-state index is 13.9. The summed E-state index contributed by atoms with van der Waals surface area (Å²) in [5.74, 6) is -0.156. The Morgan fingerprint density at radius 1 is 1.12 bits per heavy atom. The summed E-state index contributed by atoms with van der Waals surface area (Å²) in [4.78, 5) is 38.2. The molecular weight excluding hydrogens is 454 g/mol. The number of fused-ring (bicyclic) bond motifs is 2. The Hall–Kier alpha value is -2.57. The second-order valence-corrected chi connectivity index (χ2v) is 11.1. The lowest BCUT2D eigenvalue weighted by molar-refractivity contribution is -0.387. The van der Waals surface area contributed by atoms with Crippen LogP contribution in [-0.4, -0.2) is 61.2 Å². The van der Waals surface area contributed by atoms with Gasteiger partial charge in [0.05, 0.1) is 10.3 Å². The van der Waals surface area contributed by atoms with Crippen LogP contribution in [0.3, 0.4) is 0 Å². The van der Waals surface area contributed by atoms with Crippen LogP contribution in [0.15, 0.2) is 29.2 Å². The van der Waals surface area contributed by atoms with Crippen LogP contribution in [0, 0.1) is 26.9 Å². The molecule has 33 heavy (non-hydrogen) atoms. The molecule has 3 fully saturated rings. The fourth-order valence-electron chi connectivity index (χ4n) is 5.96. The van der Waals surface area contributed by atoms with E-state index in [4.69, 9.17) is 9.47 Å². The number of rotatable bonds is 6. The number of nitrogens with zero attached hydrogens (tertiary/aromatic N) is 3. The smallest absolute Gasteiger partial charge is 0.345 e. The van der Waals surface area contributed by atoms with Crippen LogP contribution in [0.25, 0.3) is 0 Å². The van der Waals surface area contributed by atoms with Gasteiger partial charge in [0, 0.05) is 20.3 Å². The molecule has 1 saturated heterocycles. The third-order valence-electron chi connectivity index (χ3n) is 7.93. The fourth-order valence-corrected chi connectivity index (χ4v) is 7.59. The molecule has 4 rings (SSSR count). The highest BCUT2D eigenvalue weighted by Crippen LogP contribution is 2.66. The van der Waals surface area contributed by atoms with Crippen molar-refractivity contribution in [2.45, 2.75) is 56.9 Å². The van der Waals surface area contributed by atoms with Gasteiger partial charge in [0.15, 0.2) is 17.4 Å². The Morgan fingerprint density at radius 3 is 2.18 bits per heavy atom. The number of carbonyl (C=O) groups excluding carboxylic acids is 2. The number of urea groups is 1. The average Bonchev–Trinajstić information content (AvgIpc) is 3.33. The van der Waals surface area contributed by atoms with Gasteiger partial charge in [-0.2, -0.15) is 4.31 Å². The van der Waals surface area contributed by atoms with Gasteiger partial charge in [-0.15, -0.1) is 0 Å². The molecule has 1 heterocycles. The molecule has 1 aromatic carbocycles. The molecule has 3 aliphatic rings. The van der Waals surface area contributed by atoms with Crippen molar-refractivity contribution in [1.82, 2.24) is 9.21 Å². The number of benzene rings is 1. The molecule has 12 heteroatoms. The molecular formula is C21H27N3O8S. The largest absolute Gasteiger partial charge is 0.356 e. The predicted molar refractivity (Wildman–Crippen MR) is 114 cm³/mol. The monoisotopic (exact) mass is 481 g/mol. The number of nitro groups is 1. The summed E-state index contributed by atoms with van der Waals surface area (Å²) in [5.41, 5.74) is -1.87. The standard InChI is InChI=1S/C21H27N3O8S/c1-20(2)13-9-11-21(20,12-10-13)18(25)22-16(31-3)17(32-4)23(19(22)26)33(29,30)15-8-6-5-7-14(15)24(27)28/h5-8,13,16-17H,9-12H2,1-4H3/t13?,16-,17-,21?/m0/s1. The van der Waals surface area contributed by atoms with E-state index in [9.17, 15) is 28.1 Å². The molecule has 2 aliphatic carbocycles. The Morgan fingerprint density at radius 2 is 1.70 bits per heavy atom. The fraction of sp³-hybridized carbons (Fsp3) is 0.619. The number of nitro benzene ring substituents is 1. The summed E-state index contributed by atoms with van der Waals surface area (Å²) >= 11 is 0. The van der Waals surface area contributed by atoms with E-state index in [2.05, 4.69) is 0 Å². The molecule has 0 N–H and O–H groups in total. The maximum Gasteiger partial charge on any atom is 0.345 e. The van der Waals surface area contributed by atoms with Crippen molar-refractivity contribution in [1.29, 1.82) is 0 Å². The van der Waals surface area contributed by atoms with Gasteiger partial charge in [-0.1, -0.05) is 26.0 Å². The maximum absolute atomic E-state index is 13.9. The summed E-state index contributed by atoms with van der Waals surface area (Å²) < 4.78 is 38.1. The molecule has 11 nitrogen and oxygen atoms in total. The van der Waals surface area contributed by atoms with E-state index in [1.54, 1.807) is 0 Å². The zero-order valence-electron chi connectivity index (χ0n) is 18.9. The van der Waals surface area contributed by atoms with Gasteiger partial charge in [0.2, 0.25) is 5.91 Å². The number of para-hydroxylation sites is 1. The first kappa shape index (κ1) is 23.6. The second-order valence-electron chi connectivity index (χ2n) is 9.31. The van der Waals surface area contributed by atoms with Crippen LogP contribution >= 0.6 is 0 Å². The highest BCUT2D eigenvalue weighted by atomic mass is 32.2. The number of amides is 3. The molecule has 0 spiro atoms. The number of hydrogen-bond acceptors (Lipinski definition) is 8. The number of hydrogen-bond donors (Lipinski definition) is 0. The van der Waals surface area contributed by atoms with Crippen LogP contribution in [-0.2, 0) is 24.3 Å². The molecule has 2 saturated carbocycles. The lowest BCUT2D eigenvalue weighted by Crippen LogP contribution is -2.52. The topological polar surface area (TPSA) is 136 Å². The Balaban J connectivity index is 1.80. The quantitative estimate of drug-likeness (QED) is 0.447. The van der Waals surface area contributed by atoms with Crippen molar-refractivity contribution in [3.05, 3.63) is 34.4 Å². The summed E-state index contributed by atoms with van der Waals surface area (Å²) in [7, 11) is -2.33. The minimum absolute atomic E-state index is 0.338. The van der Waals surface area contributed by atoms with Gasteiger partial charge in [0.25, 0.3) is 15.7 Å². The molecule has 3 amide bonds. The molecule has 0 aromatic heterocycles. The first-order valence-electron chi connectivity index (χ1n) is 10.7. The van der Waals surface area contributed by atoms with E-state index in [1.807, 2.05) is 13.8 Å². The van der Waals surface area contributed by atoms with Gasteiger partial charge < -0.3 is 9.47 Å². The van der Waals surface area contributed by atoms with Gasteiger partial charge in [0.1, 0.15) is 0 Å². The lowest BCUT2D eigenvalue weighted by Gasteiger charge is -2.39. The number of methoxy groups -OCH3 is 2. The van der Waals surface area contributed by atoms with Gasteiger partial charge in [-0.25, -0.2) is 18.1 Å². The zero-order chi connectivity index (χ0) is 24.3. The van der Waals surface area contributed by atoms with Crippen LogP contribution < -0.4 is 0 Å². The molecule has 180 valence electrons. The van der Waals surface area contributed by atoms with Crippen molar-refractivity contribution in [3.63, 3.8) is 0 Å².